The van der Waals surface area contributed by atoms with Crippen molar-refractivity contribution in [3.63, 3.8) is 0 Å². The van der Waals surface area contributed by atoms with E-state index in [2.05, 4.69) is 173 Å². The van der Waals surface area contributed by atoms with Gasteiger partial charge in [0, 0.05) is 75.2 Å². The number of hydrogen-bond acceptors (Lipinski definition) is 4. The van der Waals surface area contributed by atoms with Gasteiger partial charge in [-0.05, 0) is 79.7 Å². The van der Waals surface area contributed by atoms with Crippen molar-refractivity contribution >= 4 is 120 Å². The average molecular weight is 710 g/mol. The summed E-state index contributed by atoms with van der Waals surface area (Å²) in [6.45, 7) is 2.13. The Labute approximate surface area is 314 Å². The lowest BCUT2D eigenvalue weighted by atomic mass is 10.1. The number of nitrogens with zero attached hydrogens (tertiary/aromatic N) is 2. The summed E-state index contributed by atoms with van der Waals surface area (Å²) in [4.78, 5) is 2.33. The van der Waals surface area contributed by atoms with Crippen LogP contribution in [0.2, 0.25) is 0 Å². The molecule has 0 atom stereocenters. The maximum absolute atomic E-state index is 6.55. The second-order valence-electron chi connectivity index (χ2n) is 14.3. The number of nitrogens with one attached hydrogen (secondary N) is 1. The van der Waals surface area contributed by atoms with Gasteiger partial charge in [0.05, 0.1) is 22.2 Å². The van der Waals surface area contributed by atoms with Crippen LogP contribution >= 0.6 is 11.3 Å². The van der Waals surface area contributed by atoms with Crippen LogP contribution in [0.4, 0.5) is 28.4 Å². The smallest absolute Gasteiger partial charge is 0.159 e. The average Bonchev–Trinajstić information content (AvgIpc) is 3.96. The van der Waals surface area contributed by atoms with Gasteiger partial charge in [-0.1, -0.05) is 96.6 Å². The minimum Gasteiger partial charge on any atom is -0.454 e. The number of para-hydroxylation sites is 4. The molecule has 0 aliphatic carbocycles. The van der Waals surface area contributed by atoms with Crippen LogP contribution < -0.4 is 10.2 Å². The molecule has 254 valence electrons. The van der Waals surface area contributed by atoms with E-state index in [4.69, 9.17) is 4.42 Å². The lowest BCUT2D eigenvalue weighted by molar-refractivity contribution is 0.669. The van der Waals surface area contributed by atoms with E-state index in [9.17, 15) is 0 Å². The van der Waals surface area contributed by atoms with Gasteiger partial charge in [0.1, 0.15) is 5.58 Å². The first kappa shape index (κ1) is 29.7. The van der Waals surface area contributed by atoms with Crippen LogP contribution in [0.1, 0.15) is 5.56 Å². The zero-order valence-electron chi connectivity index (χ0n) is 29.3. The topological polar surface area (TPSA) is 32.8 Å². The molecule has 0 saturated carbocycles. The van der Waals surface area contributed by atoms with Gasteiger partial charge in [0.15, 0.2) is 5.58 Å². The Hall–Kier alpha value is -6.82. The van der Waals surface area contributed by atoms with Gasteiger partial charge in [-0.3, -0.25) is 0 Å². The Morgan fingerprint density at radius 2 is 1.15 bits per heavy atom. The lowest BCUT2D eigenvalue weighted by Gasteiger charge is -2.25. The normalized spacial score (nSPS) is 12.2. The number of aryl methyl sites for hydroxylation is 1. The van der Waals surface area contributed by atoms with Crippen LogP contribution in [0.5, 0.6) is 0 Å². The summed E-state index contributed by atoms with van der Waals surface area (Å²) >= 11 is 1.84. The Bertz CT molecular complexity index is 3440. The molecule has 8 aromatic carbocycles. The second kappa shape index (κ2) is 11.1. The molecule has 5 heteroatoms. The van der Waals surface area contributed by atoms with Crippen molar-refractivity contribution in [2.24, 2.45) is 0 Å². The Morgan fingerprint density at radius 3 is 2.04 bits per heavy atom. The van der Waals surface area contributed by atoms with Crippen molar-refractivity contribution in [1.82, 2.24) is 4.40 Å². The number of hydrogen-bond donors (Lipinski definition) is 1. The van der Waals surface area contributed by atoms with Gasteiger partial charge in [0.2, 0.25) is 0 Å². The summed E-state index contributed by atoms with van der Waals surface area (Å²) in [6.07, 6.45) is 0. The third kappa shape index (κ3) is 4.24. The number of fused-ring (bicyclic) bond motifs is 12. The third-order valence-electron chi connectivity index (χ3n) is 11.1. The van der Waals surface area contributed by atoms with Crippen molar-refractivity contribution in [3.05, 3.63) is 169 Å². The lowest BCUT2D eigenvalue weighted by Crippen LogP contribution is -2.10. The van der Waals surface area contributed by atoms with Crippen LogP contribution in [0.15, 0.2) is 168 Å². The molecule has 0 aliphatic rings. The quantitative estimate of drug-likeness (QED) is 0.193. The zero-order chi connectivity index (χ0) is 35.5. The maximum atomic E-state index is 6.55. The van der Waals surface area contributed by atoms with Gasteiger partial charge in [-0.2, -0.15) is 0 Å². The minimum atomic E-state index is 0.886. The van der Waals surface area contributed by atoms with Crippen LogP contribution in [0.25, 0.3) is 80.2 Å². The van der Waals surface area contributed by atoms with E-state index >= 15 is 0 Å². The van der Waals surface area contributed by atoms with Crippen molar-refractivity contribution in [3.8, 4) is 0 Å². The number of benzene rings is 8. The third-order valence-corrected chi connectivity index (χ3v) is 12.3. The summed E-state index contributed by atoms with van der Waals surface area (Å²) in [5.41, 5.74) is 12.2. The number of rotatable bonds is 5. The molecule has 0 unspecified atom stereocenters. The number of aromatic nitrogens is 1. The fourth-order valence-electron chi connectivity index (χ4n) is 8.69. The van der Waals surface area contributed by atoms with E-state index < -0.39 is 0 Å². The molecule has 0 radical (unpaired) electrons. The van der Waals surface area contributed by atoms with E-state index in [1.807, 2.05) is 23.5 Å². The summed E-state index contributed by atoms with van der Waals surface area (Å²) < 4.78 is 11.5. The molecule has 1 N–H and O–H groups in total. The van der Waals surface area contributed by atoms with Crippen molar-refractivity contribution < 1.29 is 4.42 Å². The predicted molar refractivity (Wildman–Crippen MR) is 230 cm³/mol. The molecule has 4 aromatic heterocycles. The van der Waals surface area contributed by atoms with Crippen molar-refractivity contribution in [2.75, 3.05) is 10.2 Å². The molecule has 12 aromatic rings. The maximum Gasteiger partial charge on any atom is 0.159 e. The van der Waals surface area contributed by atoms with Crippen molar-refractivity contribution in [2.45, 2.75) is 6.92 Å². The molecule has 54 heavy (non-hydrogen) atoms. The zero-order valence-corrected chi connectivity index (χ0v) is 30.1. The van der Waals surface area contributed by atoms with E-state index in [0.29, 0.717) is 0 Å². The van der Waals surface area contributed by atoms with E-state index in [1.54, 1.807) is 0 Å². The first-order valence-electron chi connectivity index (χ1n) is 18.3. The van der Waals surface area contributed by atoms with Crippen LogP contribution in [-0.4, -0.2) is 4.40 Å². The predicted octanol–water partition coefficient (Wildman–Crippen LogP) is 14.6. The van der Waals surface area contributed by atoms with Crippen LogP contribution in [0.3, 0.4) is 0 Å². The minimum absolute atomic E-state index is 0.886. The highest BCUT2D eigenvalue weighted by Crippen LogP contribution is 2.45. The monoisotopic (exact) mass is 709 g/mol. The highest BCUT2D eigenvalue weighted by molar-refractivity contribution is 7.25. The van der Waals surface area contributed by atoms with E-state index in [0.717, 1.165) is 50.4 Å². The molecular formula is C49H31N3OS. The van der Waals surface area contributed by atoms with Crippen LogP contribution in [-0.2, 0) is 0 Å². The fourth-order valence-corrected chi connectivity index (χ4v) is 9.87. The molecule has 0 amide bonds. The van der Waals surface area contributed by atoms with Crippen molar-refractivity contribution in [1.29, 1.82) is 0 Å². The molecule has 4 nitrogen and oxygen atoms in total. The Kier molecular flexibility index (Phi) is 6.11. The molecule has 0 spiro atoms. The first-order valence-corrected chi connectivity index (χ1v) is 19.2. The largest absolute Gasteiger partial charge is 0.454 e. The molecule has 0 aliphatic heterocycles. The fraction of sp³-hybridized carbons (Fsp3) is 0.0204. The Morgan fingerprint density at radius 1 is 0.500 bits per heavy atom. The molecule has 0 bridgehead atoms. The Balaban J connectivity index is 0.948. The number of thiophene rings is 1. The highest BCUT2D eigenvalue weighted by atomic mass is 32.1. The number of furan rings is 1. The SMILES string of the molecule is Cc1ccc(N(c2ccc3c(c2)sc2cc(Nc4ccc5c(c4)c4cccc6c7ccccc7n5c64)ccc23)c2cccc3c2oc2ccccc23)cc1. The van der Waals surface area contributed by atoms with Gasteiger partial charge in [-0.15, -0.1) is 11.3 Å². The molecule has 0 saturated heterocycles. The van der Waals surface area contributed by atoms with Gasteiger partial charge >= 0.3 is 0 Å². The molecular weight excluding hydrogens is 679 g/mol. The van der Waals surface area contributed by atoms with Gasteiger partial charge in [-0.25, -0.2) is 0 Å². The molecule has 4 heterocycles. The standard InChI is InChI=1S/C49H31N3OS/c1-29-16-20-32(21-17-29)51(44-14-7-12-40-35-9-3-5-15-45(35)53-49(40)44)33-22-24-37-36-23-18-31(27-46(36)54-47(37)28-33)50-30-19-25-43-41(26-30)39-11-6-10-38-34-8-2-4-13-42(34)52(43)48(38)39/h2-28,50H,1H3. The second-order valence-corrected chi connectivity index (χ2v) is 15.4. The molecule has 0 fully saturated rings. The first-order chi connectivity index (χ1) is 26.7. The summed E-state index contributed by atoms with van der Waals surface area (Å²) in [6, 6.07) is 59.2. The highest BCUT2D eigenvalue weighted by Gasteiger charge is 2.21. The van der Waals surface area contributed by atoms with Gasteiger partial charge in [0.25, 0.3) is 0 Å². The number of anilines is 5. The van der Waals surface area contributed by atoms with E-state index in [1.165, 1.54) is 63.8 Å². The summed E-state index contributed by atoms with van der Waals surface area (Å²) in [5.74, 6) is 0. The van der Waals surface area contributed by atoms with E-state index in [-0.39, 0.29) is 0 Å². The summed E-state index contributed by atoms with van der Waals surface area (Å²) in [5, 5.41) is 13.7. The van der Waals surface area contributed by atoms with Gasteiger partial charge < -0.3 is 19.0 Å². The molecule has 12 rings (SSSR count). The summed E-state index contributed by atoms with van der Waals surface area (Å²) in [7, 11) is 0. The van der Waals surface area contributed by atoms with Crippen LogP contribution in [0, 0.1) is 6.92 Å².